The average molecular weight is 207 g/mol. The van der Waals surface area contributed by atoms with Crippen LogP contribution < -0.4 is 15.4 Å². The van der Waals surface area contributed by atoms with E-state index in [9.17, 15) is 4.79 Å². The quantitative estimate of drug-likeness (QED) is 0.327. The lowest BCUT2D eigenvalue weighted by atomic mass is 10.3. The number of hydrogen-bond acceptors (Lipinski definition) is 3. The molecule has 5 nitrogen and oxygen atoms in total. The van der Waals surface area contributed by atoms with Gasteiger partial charge in [0.1, 0.15) is 5.75 Å². The van der Waals surface area contributed by atoms with Crippen LogP contribution in [0.25, 0.3) is 0 Å². The zero-order chi connectivity index (χ0) is 11.4. The molecule has 80 valence electrons. The van der Waals surface area contributed by atoms with Crippen LogP contribution in [0.3, 0.4) is 0 Å². The second kappa shape index (κ2) is 4.45. The van der Waals surface area contributed by atoms with Crippen LogP contribution in [0.5, 0.6) is 5.75 Å². The van der Waals surface area contributed by atoms with E-state index in [4.69, 9.17) is 15.9 Å². The van der Waals surface area contributed by atoms with Crippen molar-refractivity contribution in [1.29, 1.82) is 5.41 Å². The van der Waals surface area contributed by atoms with E-state index in [1.165, 1.54) is 11.8 Å². The molecule has 1 aromatic rings. The minimum atomic E-state index is -0.359. The predicted octanol–water partition coefficient (Wildman–Crippen LogP) is 0.942. The number of nitrogens with two attached hydrogens (primary N) is 1. The molecule has 0 aromatic heterocycles. The Morgan fingerprint density at radius 3 is 2.33 bits per heavy atom. The van der Waals surface area contributed by atoms with Crippen molar-refractivity contribution in [3.05, 3.63) is 24.3 Å². The monoisotopic (exact) mass is 207 g/mol. The maximum atomic E-state index is 10.7. The van der Waals surface area contributed by atoms with Crippen LogP contribution in [0.4, 0.5) is 5.69 Å². The van der Waals surface area contributed by atoms with Crippen LogP contribution in [-0.2, 0) is 4.79 Å². The smallest absolute Gasteiger partial charge is 0.308 e. The third-order valence-electron chi connectivity index (χ3n) is 1.85. The van der Waals surface area contributed by atoms with E-state index in [0.717, 1.165) is 5.69 Å². The van der Waals surface area contributed by atoms with Crippen molar-refractivity contribution in [2.24, 2.45) is 5.73 Å². The van der Waals surface area contributed by atoms with Crippen LogP contribution in [0.15, 0.2) is 24.3 Å². The first-order valence-electron chi connectivity index (χ1n) is 4.37. The van der Waals surface area contributed by atoms with Gasteiger partial charge in [0.05, 0.1) is 0 Å². The van der Waals surface area contributed by atoms with Crippen LogP contribution in [-0.4, -0.2) is 19.0 Å². The number of rotatable bonds is 2. The molecule has 0 fully saturated rings. The van der Waals surface area contributed by atoms with E-state index >= 15 is 0 Å². The molecule has 15 heavy (non-hydrogen) atoms. The molecule has 0 saturated heterocycles. The summed E-state index contributed by atoms with van der Waals surface area (Å²) in [5, 5.41) is 7.22. The van der Waals surface area contributed by atoms with Crippen molar-refractivity contribution >= 4 is 17.6 Å². The molecule has 0 spiro atoms. The summed E-state index contributed by atoms with van der Waals surface area (Å²) in [4.78, 5) is 12.2. The minimum absolute atomic E-state index is 0.0461. The Balaban J connectivity index is 2.80. The van der Waals surface area contributed by atoms with E-state index in [1.54, 1.807) is 31.3 Å². The molecule has 0 saturated carbocycles. The van der Waals surface area contributed by atoms with Gasteiger partial charge in [-0.2, -0.15) is 0 Å². The van der Waals surface area contributed by atoms with Crippen molar-refractivity contribution in [3.63, 3.8) is 0 Å². The Hall–Kier alpha value is -2.04. The van der Waals surface area contributed by atoms with Crippen molar-refractivity contribution < 1.29 is 9.53 Å². The van der Waals surface area contributed by atoms with Gasteiger partial charge in [0.2, 0.25) is 0 Å². The number of carbonyl (C=O) groups is 1. The topological polar surface area (TPSA) is 79.4 Å². The third-order valence-corrected chi connectivity index (χ3v) is 1.85. The van der Waals surface area contributed by atoms with E-state index < -0.39 is 0 Å². The number of anilines is 1. The lowest BCUT2D eigenvalue weighted by Crippen LogP contribution is -2.32. The molecule has 0 aliphatic rings. The molecule has 0 heterocycles. The molecule has 0 atom stereocenters. The minimum Gasteiger partial charge on any atom is -0.427 e. The highest BCUT2D eigenvalue weighted by Gasteiger charge is 2.03. The SMILES string of the molecule is CC(=O)Oc1ccc(N(C)C(=N)N)cc1. The second-order valence-corrected chi connectivity index (χ2v) is 3.03. The number of hydrogen-bond donors (Lipinski definition) is 2. The fourth-order valence-electron chi connectivity index (χ4n) is 1.04. The van der Waals surface area contributed by atoms with E-state index in [-0.39, 0.29) is 11.9 Å². The molecular weight excluding hydrogens is 194 g/mol. The number of nitrogens with zero attached hydrogens (tertiary/aromatic N) is 1. The number of ether oxygens (including phenoxy) is 1. The number of nitrogens with one attached hydrogen (secondary N) is 1. The van der Waals surface area contributed by atoms with Gasteiger partial charge in [-0.25, -0.2) is 0 Å². The molecule has 0 bridgehead atoms. The summed E-state index contributed by atoms with van der Waals surface area (Å²) in [6.07, 6.45) is 0. The maximum absolute atomic E-state index is 10.7. The summed E-state index contributed by atoms with van der Waals surface area (Å²) in [5.41, 5.74) is 6.07. The molecular formula is C10H13N3O2. The summed E-state index contributed by atoms with van der Waals surface area (Å²) in [5.74, 6) is 0.0705. The Morgan fingerprint density at radius 1 is 1.40 bits per heavy atom. The molecule has 5 heteroatoms. The Bertz CT molecular complexity index is 373. The normalized spacial score (nSPS) is 9.47. The van der Waals surface area contributed by atoms with Crippen molar-refractivity contribution in [1.82, 2.24) is 0 Å². The van der Waals surface area contributed by atoms with Gasteiger partial charge < -0.3 is 15.4 Å². The molecule has 0 aliphatic carbocycles. The lowest BCUT2D eigenvalue weighted by Gasteiger charge is -2.16. The van der Waals surface area contributed by atoms with Crippen LogP contribution >= 0.6 is 0 Å². The molecule has 0 radical (unpaired) electrons. The molecule has 1 aromatic carbocycles. The van der Waals surface area contributed by atoms with Gasteiger partial charge in [-0.3, -0.25) is 10.2 Å². The first-order chi connectivity index (χ1) is 7.00. The van der Waals surface area contributed by atoms with Gasteiger partial charge in [0.25, 0.3) is 0 Å². The van der Waals surface area contributed by atoms with E-state index in [0.29, 0.717) is 5.75 Å². The van der Waals surface area contributed by atoms with Gasteiger partial charge in [0, 0.05) is 19.7 Å². The van der Waals surface area contributed by atoms with E-state index in [2.05, 4.69) is 0 Å². The average Bonchev–Trinajstić information content (AvgIpc) is 2.17. The summed E-state index contributed by atoms with van der Waals surface area (Å²) in [6.45, 7) is 1.34. The zero-order valence-electron chi connectivity index (χ0n) is 8.65. The summed E-state index contributed by atoms with van der Waals surface area (Å²) in [6, 6.07) is 6.74. The highest BCUT2D eigenvalue weighted by molar-refractivity contribution is 5.91. The summed E-state index contributed by atoms with van der Waals surface area (Å²) >= 11 is 0. The second-order valence-electron chi connectivity index (χ2n) is 3.03. The van der Waals surface area contributed by atoms with Gasteiger partial charge in [-0.05, 0) is 24.3 Å². The highest BCUT2D eigenvalue weighted by Crippen LogP contribution is 2.18. The fourth-order valence-corrected chi connectivity index (χ4v) is 1.04. The molecule has 0 amide bonds. The molecule has 0 unspecified atom stereocenters. The Morgan fingerprint density at radius 2 is 1.93 bits per heavy atom. The number of benzene rings is 1. The number of carbonyl (C=O) groups excluding carboxylic acids is 1. The van der Waals surface area contributed by atoms with Crippen LogP contribution in [0, 0.1) is 5.41 Å². The Kier molecular flexibility index (Phi) is 3.28. The highest BCUT2D eigenvalue weighted by atomic mass is 16.5. The van der Waals surface area contributed by atoms with Crippen molar-refractivity contribution in [3.8, 4) is 5.75 Å². The van der Waals surface area contributed by atoms with Crippen molar-refractivity contribution in [2.75, 3.05) is 11.9 Å². The number of esters is 1. The zero-order valence-corrected chi connectivity index (χ0v) is 8.65. The maximum Gasteiger partial charge on any atom is 0.308 e. The number of guanidine groups is 1. The molecule has 3 N–H and O–H groups in total. The fraction of sp³-hybridized carbons (Fsp3) is 0.200. The van der Waals surface area contributed by atoms with Gasteiger partial charge in [-0.1, -0.05) is 0 Å². The van der Waals surface area contributed by atoms with Gasteiger partial charge >= 0.3 is 5.97 Å². The standard InChI is InChI=1S/C10H13N3O2/c1-7(14)15-9-5-3-8(4-6-9)13(2)10(11)12/h3-6H,1-2H3,(H3,11,12). The predicted molar refractivity (Wildman–Crippen MR) is 58.1 cm³/mol. The van der Waals surface area contributed by atoms with Crippen LogP contribution in [0.1, 0.15) is 6.92 Å². The van der Waals surface area contributed by atoms with Crippen LogP contribution in [0.2, 0.25) is 0 Å². The summed E-state index contributed by atoms with van der Waals surface area (Å²) in [7, 11) is 1.68. The first-order valence-corrected chi connectivity index (χ1v) is 4.37. The Labute approximate surface area is 88.0 Å². The molecule has 0 aliphatic heterocycles. The first kappa shape index (κ1) is 11.0. The van der Waals surface area contributed by atoms with Gasteiger partial charge in [-0.15, -0.1) is 0 Å². The van der Waals surface area contributed by atoms with Crippen molar-refractivity contribution in [2.45, 2.75) is 6.92 Å². The van der Waals surface area contributed by atoms with Gasteiger partial charge in [0.15, 0.2) is 5.96 Å². The van der Waals surface area contributed by atoms with E-state index in [1.807, 2.05) is 0 Å². The third kappa shape index (κ3) is 2.98. The summed E-state index contributed by atoms with van der Waals surface area (Å²) < 4.78 is 4.87. The largest absolute Gasteiger partial charge is 0.427 e. The lowest BCUT2D eigenvalue weighted by molar-refractivity contribution is -0.131. The molecule has 1 rings (SSSR count).